The number of carboxylic acids is 1. The summed E-state index contributed by atoms with van der Waals surface area (Å²) in [4.78, 5) is 11.3. The summed E-state index contributed by atoms with van der Waals surface area (Å²) >= 11 is 0. The number of hydrogen-bond donors (Lipinski definition) is 1. The zero-order chi connectivity index (χ0) is 15.9. The van der Waals surface area contributed by atoms with Gasteiger partial charge in [-0.1, -0.05) is 6.42 Å². The number of rotatable bonds is 3. The summed E-state index contributed by atoms with van der Waals surface area (Å²) in [6, 6.07) is 4.50. The van der Waals surface area contributed by atoms with Gasteiger partial charge in [0.25, 0.3) is 0 Å². The number of hydrogen-bond acceptors (Lipinski definition) is 4. The molecule has 0 amide bonds. The fourth-order valence-corrected chi connectivity index (χ4v) is 4.36. The molecule has 0 bridgehead atoms. The molecule has 1 saturated heterocycles. The van der Waals surface area contributed by atoms with Gasteiger partial charge in [0.2, 0.25) is 15.8 Å². The Morgan fingerprint density at radius 3 is 2.55 bits per heavy atom. The quantitative estimate of drug-likeness (QED) is 0.938. The Morgan fingerprint density at radius 2 is 1.91 bits per heavy atom. The van der Waals surface area contributed by atoms with E-state index in [1.807, 2.05) is 0 Å². The lowest BCUT2D eigenvalue weighted by molar-refractivity contribution is 0.0664. The molecule has 7 heteroatoms. The molecule has 0 atom stereocenters. The molecule has 6 nitrogen and oxygen atoms in total. The third-order valence-electron chi connectivity index (χ3n) is 4.05. The molecule has 1 aromatic carbocycles. The number of aryl methyl sites for hydroxylation is 1. The number of nitrogens with zero attached hydrogens (tertiary/aromatic N) is 1. The van der Waals surface area contributed by atoms with E-state index in [9.17, 15) is 13.2 Å². The molecule has 1 N–H and O–H groups in total. The van der Waals surface area contributed by atoms with Crippen molar-refractivity contribution in [3.63, 3.8) is 0 Å². The molecule has 2 heterocycles. The molecule has 22 heavy (non-hydrogen) atoms. The van der Waals surface area contributed by atoms with E-state index in [2.05, 4.69) is 0 Å². The first kappa shape index (κ1) is 15.1. The Labute approximate surface area is 128 Å². The highest BCUT2D eigenvalue weighted by molar-refractivity contribution is 7.89. The van der Waals surface area contributed by atoms with Crippen LogP contribution in [0.2, 0.25) is 0 Å². The molecule has 1 aliphatic rings. The number of carbonyl (C=O) groups is 1. The standard InChI is InChI=1S/C15H17NO5S/c1-10-12-9-11(5-6-13(12)21-14(10)15(17)18)22(19,20)16-7-3-2-4-8-16/h5-6,9H,2-4,7-8H2,1H3,(H,17,18). The Morgan fingerprint density at radius 1 is 1.23 bits per heavy atom. The van der Waals surface area contributed by atoms with Crippen LogP contribution in [0.4, 0.5) is 0 Å². The highest BCUT2D eigenvalue weighted by atomic mass is 32.2. The number of fused-ring (bicyclic) bond motifs is 1. The van der Waals surface area contributed by atoms with Crippen molar-refractivity contribution in [3.05, 3.63) is 29.5 Å². The van der Waals surface area contributed by atoms with E-state index in [-0.39, 0.29) is 10.7 Å². The molecule has 1 aromatic heterocycles. The van der Waals surface area contributed by atoms with Gasteiger partial charge in [-0.25, -0.2) is 13.2 Å². The van der Waals surface area contributed by atoms with E-state index in [0.717, 1.165) is 19.3 Å². The smallest absolute Gasteiger partial charge is 0.372 e. The van der Waals surface area contributed by atoms with Gasteiger partial charge in [-0.2, -0.15) is 4.31 Å². The minimum Gasteiger partial charge on any atom is -0.475 e. The summed E-state index contributed by atoms with van der Waals surface area (Å²) < 4.78 is 32.1. The second-order valence-electron chi connectivity index (χ2n) is 5.48. The van der Waals surface area contributed by atoms with Crippen molar-refractivity contribution in [1.29, 1.82) is 0 Å². The molecule has 0 spiro atoms. The summed E-state index contributed by atoms with van der Waals surface area (Å²) in [6.07, 6.45) is 2.79. The predicted molar refractivity (Wildman–Crippen MR) is 80.5 cm³/mol. The Balaban J connectivity index is 2.08. The molecule has 0 radical (unpaired) electrons. The topological polar surface area (TPSA) is 87.8 Å². The summed E-state index contributed by atoms with van der Waals surface area (Å²) in [6.45, 7) is 2.68. The van der Waals surface area contributed by atoms with Crippen LogP contribution in [0.15, 0.2) is 27.5 Å². The van der Waals surface area contributed by atoms with Crippen molar-refractivity contribution in [2.75, 3.05) is 13.1 Å². The van der Waals surface area contributed by atoms with Gasteiger partial charge in [-0.3, -0.25) is 0 Å². The van der Waals surface area contributed by atoms with Crippen molar-refractivity contribution in [2.45, 2.75) is 31.1 Å². The van der Waals surface area contributed by atoms with E-state index in [4.69, 9.17) is 9.52 Å². The Kier molecular flexibility index (Phi) is 3.70. The molecular formula is C15H17NO5S. The first-order chi connectivity index (χ1) is 10.4. The van der Waals surface area contributed by atoms with Gasteiger partial charge in [-0.15, -0.1) is 0 Å². The van der Waals surface area contributed by atoms with Crippen molar-refractivity contribution in [1.82, 2.24) is 4.31 Å². The van der Waals surface area contributed by atoms with Gasteiger partial charge < -0.3 is 9.52 Å². The number of sulfonamides is 1. The van der Waals surface area contributed by atoms with Gasteiger partial charge in [-0.05, 0) is 38.0 Å². The maximum absolute atomic E-state index is 12.7. The summed E-state index contributed by atoms with van der Waals surface area (Å²) in [5.74, 6) is -1.31. The van der Waals surface area contributed by atoms with Crippen LogP contribution in [-0.2, 0) is 10.0 Å². The lowest BCUT2D eigenvalue weighted by atomic mass is 10.1. The van der Waals surface area contributed by atoms with Crippen molar-refractivity contribution >= 4 is 27.0 Å². The predicted octanol–water partition coefficient (Wildman–Crippen LogP) is 2.61. The normalized spacial score (nSPS) is 17.0. The Bertz CT molecular complexity index is 831. The van der Waals surface area contributed by atoms with Gasteiger partial charge in [0.05, 0.1) is 4.90 Å². The van der Waals surface area contributed by atoms with Gasteiger partial charge in [0.1, 0.15) is 5.58 Å². The van der Waals surface area contributed by atoms with Gasteiger partial charge in [0, 0.05) is 24.0 Å². The molecule has 2 aromatic rings. The highest BCUT2D eigenvalue weighted by Gasteiger charge is 2.27. The molecule has 0 aliphatic carbocycles. The van der Waals surface area contributed by atoms with E-state index < -0.39 is 16.0 Å². The van der Waals surface area contributed by atoms with Crippen LogP contribution < -0.4 is 0 Å². The van der Waals surface area contributed by atoms with Crippen molar-refractivity contribution in [3.8, 4) is 0 Å². The zero-order valence-electron chi connectivity index (χ0n) is 12.2. The number of carboxylic acid groups (broad SMARTS) is 1. The van der Waals surface area contributed by atoms with Crippen LogP contribution in [0.5, 0.6) is 0 Å². The molecule has 1 fully saturated rings. The fourth-order valence-electron chi connectivity index (χ4n) is 2.82. The average molecular weight is 323 g/mol. The Hall–Kier alpha value is -1.86. The third-order valence-corrected chi connectivity index (χ3v) is 5.95. The largest absolute Gasteiger partial charge is 0.475 e. The third kappa shape index (κ3) is 2.40. The number of piperidine rings is 1. The van der Waals surface area contributed by atoms with Gasteiger partial charge in [0.15, 0.2) is 0 Å². The summed E-state index contributed by atoms with van der Waals surface area (Å²) in [7, 11) is -3.54. The van der Waals surface area contributed by atoms with Crippen LogP contribution in [0.3, 0.4) is 0 Å². The molecule has 0 unspecified atom stereocenters. The van der Waals surface area contributed by atoms with Crippen molar-refractivity contribution < 1.29 is 22.7 Å². The molecule has 0 saturated carbocycles. The molecule has 118 valence electrons. The maximum atomic E-state index is 12.7. The van der Waals surface area contributed by atoms with E-state index in [1.165, 1.54) is 22.5 Å². The molecular weight excluding hydrogens is 306 g/mol. The second kappa shape index (κ2) is 5.40. The van der Waals surface area contributed by atoms with Gasteiger partial charge >= 0.3 is 5.97 Å². The van der Waals surface area contributed by atoms with E-state index in [0.29, 0.717) is 29.6 Å². The van der Waals surface area contributed by atoms with Crippen LogP contribution in [0.1, 0.15) is 35.4 Å². The minimum atomic E-state index is -3.54. The maximum Gasteiger partial charge on any atom is 0.372 e. The highest BCUT2D eigenvalue weighted by Crippen LogP contribution is 2.29. The SMILES string of the molecule is Cc1c(C(=O)O)oc2ccc(S(=O)(=O)N3CCCCC3)cc12. The second-order valence-corrected chi connectivity index (χ2v) is 7.42. The average Bonchev–Trinajstić information content (AvgIpc) is 2.85. The van der Waals surface area contributed by atoms with Crippen LogP contribution >= 0.6 is 0 Å². The van der Waals surface area contributed by atoms with Crippen LogP contribution in [0, 0.1) is 6.92 Å². The first-order valence-electron chi connectivity index (χ1n) is 7.18. The number of benzene rings is 1. The molecule has 1 aliphatic heterocycles. The number of furan rings is 1. The minimum absolute atomic E-state index is 0.150. The lowest BCUT2D eigenvalue weighted by Gasteiger charge is -2.25. The summed E-state index contributed by atoms with van der Waals surface area (Å²) in [5.41, 5.74) is 0.825. The van der Waals surface area contributed by atoms with Crippen molar-refractivity contribution in [2.24, 2.45) is 0 Å². The summed E-state index contributed by atoms with van der Waals surface area (Å²) in [5, 5.41) is 9.60. The van der Waals surface area contributed by atoms with Crippen LogP contribution in [-0.4, -0.2) is 36.9 Å². The number of aromatic carboxylic acids is 1. The first-order valence-corrected chi connectivity index (χ1v) is 8.62. The lowest BCUT2D eigenvalue weighted by Crippen LogP contribution is -2.35. The monoisotopic (exact) mass is 323 g/mol. The van der Waals surface area contributed by atoms with E-state index >= 15 is 0 Å². The van der Waals surface area contributed by atoms with E-state index in [1.54, 1.807) is 6.92 Å². The zero-order valence-corrected chi connectivity index (χ0v) is 13.0. The molecule has 3 rings (SSSR count). The van der Waals surface area contributed by atoms with Crippen LogP contribution in [0.25, 0.3) is 11.0 Å². The fraction of sp³-hybridized carbons (Fsp3) is 0.400.